The second-order valence-electron chi connectivity index (χ2n) is 4.57. The van der Waals surface area contributed by atoms with E-state index >= 15 is 0 Å². The van der Waals surface area contributed by atoms with Crippen molar-refractivity contribution in [3.63, 3.8) is 0 Å². The zero-order valence-corrected chi connectivity index (χ0v) is 12.4. The Hall–Kier alpha value is -0.930. The van der Waals surface area contributed by atoms with Crippen molar-refractivity contribution < 1.29 is 0 Å². The van der Waals surface area contributed by atoms with Crippen LogP contribution in [-0.4, -0.2) is 0 Å². The Labute approximate surface area is 120 Å². The van der Waals surface area contributed by atoms with Crippen LogP contribution in [0.2, 0.25) is 0 Å². The first kappa shape index (κ1) is 12.1. The summed E-state index contributed by atoms with van der Waals surface area (Å²) in [5, 5.41) is 0. The predicted molar refractivity (Wildman–Crippen MR) is 81.1 cm³/mol. The fourth-order valence-corrected chi connectivity index (χ4v) is 3.81. The molecular formula is C15H14BrNS. The molecule has 2 aromatic rings. The van der Waals surface area contributed by atoms with Crippen molar-refractivity contribution in [2.24, 2.45) is 0 Å². The molecule has 0 aliphatic heterocycles. The summed E-state index contributed by atoms with van der Waals surface area (Å²) >= 11 is 5.23. The number of hydrogen-bond donors (Lipinski definition) is 1. The highest BCUT2D eigenvalue weighted by atomic mass is 79.9. The van der Waals surface area contributed by atoms with Gasteiger partial charge in [-0.2, -0.15) is 0 Å². The number of anilines is 1. The third-order valence-electron chi connectivity index (χ3n) is 3.27. The average Bonchev–Trinajstić information content (AvgIpc) is 2.81. The number of benzene rings is 2. The molecule has 0 aromatic heterocycles. The molecule has 0 atom stereocenters. The molecular weight excluding hydrogens is 306 g/mol. The fourth-order valence-electron chi connectivity index (χ4n) is 2.34. The van der Waals surface area contributed by atoms with Gasteiger partial charge in [-0.05, 0) is 60.7 Å². The first-order valence-corrected chi connectivity index (χ1v) is 7.68. The molecule has 2 aromatic carbocycles. The van der Waals surface area contributed by atoms with E-state index < -0.39 is 0 Å². The van der Waals surface area contributed by atoms with Crippen LogP contribution in [0.15, 0.2) is 50.7 Å². The summed E-state index contributed by atoms with van der Waals surface area (Å²) in [5.41, 5.74) is 9.87. The molecule has 1 nitrogen and oxygen atoms in total. The van der Waals surface area contributed by atoms with Crippen LogP contribution in [0, 0.1) is 0 Å². The largest absolute Gasteiger partial charge is 0.398 e. The van der Waals surface area contributed by atoms with E-state index in [-0.39, 0.29) is 0 Å². The maximum atomic E-state index is 6.01. The molecule has 0 heterocycles. The third-order valence-corrected chi connectivity index (χ3v) is 4.83. The van der Waals surface area contributed by atoms with Crippen LogP contribution in [0.4, 0.5) is 5.69 Å². The predicted octanol–water partition coefficient (Wildman–Crippen LogP) is 4.67. The highest BCUT2D eigenvalue weighted by Crippen LogP contribution is 2.36. The van der Waals surface area contributed by atoms with Gasteiger partial charge in [0.1, 0.15) is 0 Å². The van der Waals surface area contributed by atoms with Gasteiger partial charge in [0.15, 0.2) is 0 Å². The lowest BCUT2D eigenvalue weighted by Crippen LogP contribution is -1.88. The summed E-state index contributed by atoms with van der Waals surface area (Å²) < 4.78 is 1.07. The first-order chi connectivity index (χ1) is 8.72. The van der Waals surface area contributed by atoms with Gasteiger partial charge in [0.05, 0.1) is 0 Å². The molecule has 18 heavy (non-hydrogen) atoms. The summed E-state index contributed by atoms with van der Waals surface area (Å²) in [5.74, 6) is 0. The van der Waals surface area contributed by atoms with E-state index in [4.69, 9.17) is 5.73 Å². The Kier molecular flexibility index (Phi) is 3.35. The summed E-state index contributed by atoms with van der Waals surface area (Å²) in [6.45, 7) is 0. The quantitative estimate of drug-likeness (QED) is 0.814. The molecule has 0 saturated heterocycles. The van der Waals surface area contributed by atoms with Crippen molar-refractivity contribution in [3.05, 3.63) is 52.0 Å². The van der Waals surface area contributed by atoms with Crippen LogP contribution in [-0.2, 0) is 12.8 Å². The molecule has 0 fully saturated rings. The topological polar surface area (TPSA) is 26.0 Å². The molecule has 3 heteroatoms. The number of fused-ring (bicyclic) bond motifs is 1. The molecule has 0 spiro atoms. The highest BCUT2D eigenvalue weighted by molar-refractivity contribution is 9.10. The summed E-state index contributed by atoms with van der Waals surface area (Å²) in [4.78, 5) is 2.39. The fraction of sp³-hybridized carbons (Fsp3) is 0.200. The van der Waals surface area contributed by atoms with Gasteiger partial charge in [-0.15, -0.1) is 0 Å². The van der Waals surface area contributed by atoms with Gasteiger partial charge >= 0.3 is 0 Å². The van der Waals surface area contributed by atoms with Gasteiger partial charge < -0.3 is 5.73 Å². The second kappa shape index (κ2) is 4.98. The van der Waals surface area contributed by atoms with Crippen molar-refractivity contribution in [1.29, 1.82) is 0 Å². The van der Waals surface area contributed by atoms with Crippen LogP contribution in [0.5, 0.6) is 0 Å². The Morgan fingerprint density at radius 2 is 1.83 bits per heavy atom. The second-order valence-corrected chi connectivity index (χ2v) is 6.60. The number of nitrogens with two attached hydrogens (primary N) is 1. The lowest BCUT2D eigenvalue weighted by atomic mass is 10.1. The number of nitrogen functional groups attached to an aromatic ring is 1. The first-order valence-electron chi connectivity index (χ1n) is 6.07. The minimum Gasteiger partial charge on any atom is -0.398 e. The van der Waals surface area contributed by atoms with Gasteiger partial charge in [-0.25, -0.2) is 0 Å². The molecule has 1 aliphatic rings. The van der Waals surface area contributed by atoms with Gasteiger partial charge in [0.2, 0.25) is 0 Å². The van der Waals surface area contributed by atoms with E-state index in [1.807, 2.05) is 12.1 Å². The minimum atomic E-state index is 0.837. The number of hydrogen-bond acceptors (Lipinski definition) is 2. The van der Waals surface area contributed by atoms with Crippen LogP contribution < -0.4 is 5.73 Å². The smallest absolute Gasteiger partial charge is 0.0456 e. The van der Waals surface area contributed by atoms with Crippen molar-refractivity contribution in [1.82, 2.24) is 0 Å². The molecule has 3 rings (SSSR count). The van der Waals surface area contributed by atoms with Crippen LogP contribution in [0.3, 0.4) is 0 Å². The van der Waals surface area contributed by atoms with E-state index in [9.17, 15) is 0 Å². The normalized spacial score (nSPS) is 13.6. The number of halogens is 1. The summed E-state index contributed by atoms with van der Waals surface area (Å²) in [6, 6.07) is 12.8. The maximum absolute atomic E-state index is 6.01. The average molecular weight is 320 g/mol. The van der Waals surface area contributed by atoms with Crippen LogP contribution in [0.25, 0.3) is 0 Å². The SMILES string of the molecule is Nc1ccc(Br)cc1Sc1ccc2c(c1)CCC2. The van der Waals surface area contributed by atoms with Crippen molar-refractivity contribution in [2.45, 2.75) is 29.1 Å². The maximum Gasteiger partial charge on any atom is 0.0456 e. The molecule has 0 unspecified atom stereocenters. The van der Waals surface area contributed by atoms with Gasteiger partial charge in [0.25, 0.3) is 0 Å². The van der Waals surface area contributed by atoms with E-state index in [1.54, 1.807) is 11.8 Å². The minimum absolute atomic E-state index is 0.837. The number of rotatable bonds is 2. The monoisotopic (exact) mass is 319 g/mol. The molecule has 1 aliphatic carbocycles. The van der Waals surface area contributed by atoms with Crippen molar-refractivity contribution >= 4 is 33.4 Å². The zero-order valence-electron chi connectivity index (χ0n) is 9.95. The lowest BCUT2D eigenvalue weighted by molar-refractivity contribution is 0.911. The molecule has 0 saturated carbocycles. The van der Waals surface area contributed by atoms with E-state index in [1.165, 1.54) is 35.3 Å². The molecule has 2 N–H and O–H groups in total. The van der Waals surface area contributed by atoms with Crippen LogP contribution in [0.1, 0.15) is 17.5 Å². The van der Waals surface area contributed by atoms with Gasteiger partial charge in [0, 0.05) is 20.0 Å². The zero-order chi connectivity index (χ0) is 12.5. The Bertz CT molecular complexity index is 595. The number of aryl methyl sites for hydroxylation is 2. The van der Waals surface area contributed by atoms with E-state index in [0.29, 0.717) is 0 Å². The molecule has 92 valence electrons. The standard InChI is InChI=1S/C15H14BrNS/c16-12-5-7-14(17)15(9-12)18-13-6-4-10-2-1-3-11(10)8-13/h4-9H,1-3,17H2. The molecule has 0 bridgehead atoms. The Morgan fingerprint density at radius 3 is 2.72 bits per heavy atom. The summed E-state index contributed by atoms with van der Waals surface area (Å²) in [6.07, 6.45) is 3.75. The van der Waals surface area contributed by atoms with Crippen molar-refractivity contribution in [2.75, 3.05) is 5.73 Å². The van der Waals surface area contributed by atoms with Gasteiger partial charge in [-0.3, -0.25) is 0 Å². The summed E-state index contributed by atoms with van der Waals surface area (Å²) in [7, 11) is 0. The third kappa shape index (κ3) is 2.43. The molecule has 0 amide bonds. The van der Waals surface area contributed by atoms with Crippen molar-refractivity contribution in [3.8, 4) is 0 Å². The van der Waals surface area contributed by atoms with Gasteiger partial charge in [-0.1, -0.05) is 33.8 Å². The highest BCUT2D eigenvalue weighted by Gasteiger charge is 2.11. The van der Waals surface area contributed by atoms with E-state index in [2.05, 4.69) is 40.2 Å². The Balaban J connectivity index is 1.90. The van der Waals surface area contributed by atoms with E-state index in [0.717, 1.165) is 15.1 Å². The van der Waals surface area contributed by atoms with Crippen LogP contribution >= 0.6 is 27.7 Å². The Morgan fingerprint density at radius 1 is 1.00 bits per heavy atom. The lowest BCUT2D eigenvalue weighted by Gasteiger charge is -2.07. The molecule has 0 radical (unpaired) electrons.